The van der Waals surface area contributed by atoms with Gasteiger partial charge in [-0.25, -0.2) is 0 Å². The minimum atomic E-state index is 0.574. The predicted molar refractivity (Wildman–Crippen MR) is 75.8 cm³/mol. The van der Waals surface area contributed by atoms with Gasteiger partial charge >= 0.3 is 0 Å². The van der Waals surface area contributed by atoms with Crippen LogP contribution in [0.1, 0.15) is 16.7 Å². The minimum Gasteiger partial charge on any atom is -0.496 e. The number of nitrogens with two attached hydrogens (primary N) is 1. The fraction of sp³-hybridized carbons (Fsp3) is 0.250. The fourth-order valence-corrected chi connectivity index (χ4v) is 2.10. The van der Waals surface area contributed by atoms with Crippen LogP contribution in [-0.2, 0) is 6.54 Å². The molecule has 2 aromatic rings. The van der Waals surface area contributed by atoms with E-state index in [-0.39, 0.29) is 0 Å². The highest BCUT2D eigenvalue weighted by atomic mass is 16.5. The molecule has 0 unspecified atom stereocenters. The number of rotatable bonds is 3. The molecule has 0 fully saturated rings. The van der Waals surface area contributed by atoms with Gasteiger partial charge in [0.2, 0.25) is 0 Å². The normalized spacial score (nSPS) is 10.4. The first-order chi connectivity index (χ1) is 8.67. The Kier molecular flexibility index (Phi) is 3.68. The molecule has 0 aliphatic heterocycles. The van der Waals surface area contributed by atoms with Crippen molar-refractivity contribution < 1.29 is 4.74 Å². The minimum absolute atomic E-state index is 0.574. The predicted octanol–water partition coefficient (Wildman–Crippen LogP) is 3.44. The van der Waals surface area contributed by atoms with Gasteiger partial charge in [-0.3, -0.25) is 0 Å². The third-order valence-electron chi connectivity index (χ3n) is 3.38. The SMILES string of the molecule is COc1c(-c2ccc(CN)cc2)ccc(C)c1C. The molecule has 0 atom stereocenters. The Morgan fingerprint density at radius 3 is 2.22 bits per heavy atom. The average Bonchev–Trinajstić information content (AvgIpc) is 2.42. The number of methoxy groups -OCH3 is 1. The molecule has 2 aromatic carbocycles. The summed E-state index contributed by atoms with van der Waals surface area (Å²) in [6.07, 6.45) is 0. The maximum Gasteiger partial charge on any atom is 0.129 e. The lowest BCUT2D eigenvalue weighted by Gasteiger charge is -2.14. The van der Waals surface area contributed by atoms with Crippen LogP contribution >= 0.6 is 0 Å². The Bertz CT molecular complexity index is 544. The van der Waals surface area contributed by atoms with Crippen LogP contribution in [0.25, 0.3) is 11.1 Å². The van der Waals surface area contributed by atoms with Gasteiger partial charge in [0.15, 0.2) is 0 Å². The van der Waals surface area contributed by atoms with Crippen LogP contribution in [-0.4, -0.2) is 7.11 Å². The van der Waals surface area contributed by atoms with E-state index in [2.05, 4.69) is 50.2 Å². The third-order valence-corrected chi connectivity index (χ3v) is 3.38. The molecule has 0 heterocycles. The summed E-state index contributed by atoms with van der Waals surface area (Å²) in [5.41, 5.74) is 11.5. The molecule has 0 amide bonds. The van der Waals surface area contributed by atoms with Crippen LogP contribution in [0.3, 0.4) is 0 Å². The lowest BCUT2D eigenvalue weighted by molar-refractivity contribution is 0.413. The molecule has 0 aliphatic carbocycles. The van der Waals surface area contributed by atoms with Crippen LogP contribution in [0.4, 0.5) is 0 Å². The lowest BCUT2D eigenvalue weighted by Crippen LogP contribution is -1.96. The second-order valence-corrected chi connectivity index (χ2v) is 4.49. The van der Waals surface area contributed by atoms with Crippen molar-refractivity contribution in [1.29, 1.82) is 0 Å². The topological polar surface area (TPSA) is 35.2 Å². The van der Waals surface area contributed by atoms with E-state index >= 15 is 0 Å². The Balaban J connectivity index is 2.52. The van der Waals surface area contributed by atoms with Gasteiger partial charge in [0.1, 0.15) is 5.75 Å². The van der Waals surface area contributed by atoms with Crippen LogP contribution in [0.15, 0.2) is 36.4 Å². The molecular formula is C16H19NO. The molecule has 0 saturated heterocycles. The Hall–Kier alpha value is -1.80. The molecular weight excluding hydrogens is 222 g/mol. The van der Waals surface area contributed by atoms with E-state index in [9.17, 15) is 0 Å². The van der Waals surface area contributed by atoms with Crippen molar-refractivity contribution in [1.82, 2.24) is 0 Å². The van der Waals surface area contributed by atoms with Crippen molar-refractivity contribution in [2.24, 2.45) is 5.73 Å². The van der Waals surface area contributed by atoms with Crippen molar-refractivity contribution in [2.75, 3.05) is 7.11 Å². The first-order valence-electron chi connectivity index (χ1n) is 6.11. The number of hydrogen-bond acceptors (Lipinski definition) is 2. The van der Waals surface area contributed by atoms with E-state index in [1.165, 1.54) is 11.1 Å². The van der Waals surface area contributed by atoms with Gasteiger partial charge in [-0.2, -0.15) is 0 Å². The second-order valence-electron chi connectivity index (χ2n) is 4.49. The summed E-state index contributed by atoms with van der Waals surface area (Å²) in [7, 11) is 1.72. The van der Waals surface area contributed by atoms with Gasteiger partial charge in [-0.1, -0.05) is 36.4 Å². The Morgan fingerprint density at radius 2 is 1.67 bits per heavy atom. The van der Waals surface area contributed by atoms with Gasteiger partial charge in [0.25, 0.3) is 0 Å². The maximum absolute atomic E-state index is 5.61. The standard InChI is InChI=1S/C16H19NO/c1-11-4-9-15(16(18-3)12(11)2)14-7-5-13(10-17)6-8-14/h4-9H,10,17H2,1-3H3. The van der Waals surface area contributed by atoms with Crippen molar-refractivity contribution in [3.63, 3.8) is 0 Å². The van der Waals surface area contributed by atoms with Crippen molar-refractivity contribution in [2.45, 2.75) is 20.4 Å². The zero-order valence-corrected chi connectivity index (χ0v) is 11.2. The van der Waals surface area contributed by atoms with E-state index in [4.69, 9.17) is 10.5 Å². The van der Waals surface area contributed by atoms with E-state index < -0.39 is 0 Å². The highest BCUT2D eigenvalue weighted by Gasteiger charge is 2.10. The lowest BCUT2D eigenvalue weighted by atomic mass is 9.98. The summed E-state index contributed by atoms with van der Waals surface area (Å²) >= 11 is 0. The van der Waals surface area contributed by atoms with E-state index in [0.29, 0.717) is 6.54 Å². The van der Waals surface area contributed by atoms with Crippen molar-refractivity contribution in [3.8, 4) is 16.9 Å². The second kappa shape index (κ2) is 5.23. The molecule has 0 aliphatic rings. The molecule has 0 radical (unpaired) electrons. The number of benzene rings is 2. The van der Waals surface area contributed by atoms with Crippen LogP contribution in [0, 0.1) is 13.8 Å². The zero-order valence-electron chi connectivity index (χ0n) is 11.2. The number of aryl methyl sites for hydroxylation is 1. The Labute approximate surface area is 108 Å². The number of ether oxygens (including phenoxy) is 1. The molecule has 2 nitrogen and oxygen atoms in total. The molecule has 2 N–H and O–H groups in total. The van der Waals surface area contributed by atoms with Crippen LogP contribution in [0.5, 0.6) is 5.75 Å². The van der Waals surface area contributed by atoms with E-state index in [1.54, 1.807) is 7.11 Å². The monoisotopic (exact) mass is 241 g/mol. The largest absolute Gasteiger partial charge is 0.496 e. The molecule has 0 aromatic heterocycles. The summed E-state index contributed by atoms with van der Waals surface area (Å²) in [6.45, 7) is 4.76. The summed E-state index contributed by atoms with van der Waals surface area (Å²) in [5, 5.41) is 0. The van der Waals surface area contributed by atoms with E-state index in [1.807, 2.05) is 0 Å². The highest BCUT2D eigenvalue weighted by Crippen LogP contribution is 2.34. The first-order valence-corrected chi connectivity index (χ1v) is 6.11. The molecule has 0 spiro atoms. The van der Waals surface area contributed by atoms with E-state index in [0.717, 1.165) is 22.4 Å². The molecule has 18 heavy (non-hydrogen) atoms. The summed E-state index contributed by atoms with van der Waals surface area (Å²) in [6, 6.07) is 12.5. The van der Waals surface area contributed by atoms with Crippen LogP contribution < -0.4 is 10.5 Å². The summed E-state index contributed by atoms with van der Waals surface area (Å²) in [5.74, 6) is 0.954. The van der Waals surface area contributed by atoms with Gasteiger partial charge in [0.05, 0.1) is 7.11 Å². The summed E-state index contributed by atoms with van der Waals surface area (Å²) in [4.78, 5) is 0. The summed E-state index contributed by atoms with van der Waals surface area (Å²) < 4.78 is 5.54. The van der Waals surface area contributed by atoms with Gasteiger partial charge in [-0.05, 0) is 36.1 Å². The average molecular weight is 241 g/mol. The quantitative estimate of drug-likeness (QED) is 0.893. The fourth-order valence-electron chi connectivity index (χ4n) is 2.10. The first kappa shape index (κ1) is 12.7. The zero-order chi connectivity index (χ0) is 13.1. The maximum atomic E-state index is 5.61. The molecule has 2 rings (SSSR count). The smallest absolute Gasteiger partial charge is 0.129 e. The van der Waals surface area contributed by atoms with Gasteiger partial charge in [0, 0.05) is 12.1 Å². The molecule has 0 saturated carbocycles. The molecule has 2 heteroatoms. The van der Waals surface area contributed by atoms with Crippen molar-refractivity contribution in [3.05, 3.63) is 53.1 Å². The Morgan fingerprint density at radius 1 is 1.00 bits per heavy atom. The molecule has 94 valence electrons. The number of hydrogen-bond donors (Lipinski definition) is 1. The highest BCUT2D eigenvalue weighted by molar-refractivity contribution is 5.73. The molecule has 0 bridgehead atoms. The van der Waals surface area contributed by atoms with Crippen LogP contribution in [0.2, 0.25) is 0 Å². The van der Waals surface area contributed by atoms with Gasteiger partial charge in [-0.15, -0.1) is 0 Å². The van der Waals surface area contributed by atoms with Gasteiger partial charge < -0.3 is 10.5 Å². The third kappa shape index (κ3) is 2.24. The van der Waals surface area contributed by atoms with Crippen molar-refractivity contribution >= 4 is 0 Å².